The minimum absolute atomic E-state index is 0.0317. The Morgan fingerprint density at radius 1 is 1.00 bits per heavy atom. The van der Waals surface area contributed by atoms with Crippen LogP contribution in [0, 0.1) is 0 Å². The van der Waals surface area contributed by atoms with Crippen LogP contribution in [0.3, 0.4) is 0 Å². The molecular formula is C34H39N7O5S. The predicted molar refractivity (Wildman–Crippen MR) is 179 cm³/mol. The number of rotatable bonds is 14. The van der Waals surface area contributed by atoms with Gasteiger partial charge in [-0.1, -0.05) is 42.5 Å². The lowest BCUT2D eigenvalue weighted by molar-refractivity contribution is 0.0950. The summed E-state index contributed by atoms with van der Waals surface area (Å²) in [6, 6.07) is 23.6. The maximum atomic E-state index is 12.7. The van der Waals surface area contributed by atoms with Gasteiger partial charge in [-0.3, -0.25) is 9.52 Å². The van der Waals surface area contributed by atoms with Gasteiger partial charge in [0.1, 0.15) is 0 Å². The number of carbonyl (C=O) groups excluding carboxylic acids is 1. The monoisotopic (exact) mass is 657 g/mol. The molecule has 5 aromatic rings. The molecule has 1 amide bonds. The lowest BCUT2D eigenvalue weighted by atomic mass is 9.99. The molecule has 2 aromatic heterocycles. The number of nitrogens with zero attached hydrogens (tertiary/aromatic N) is 4. The molecule has 47 heavy (non-hydrogen) atoms. The molecule has 0 spiro atoms. The summed E-state index contributed by atoms with van der Waals surface area (Å²) in [4.78, 5) is 17.3. The standard InChI is InChI=1S/C34H39N7O5S/c1-34(2,37-21-31(42)26-8-7-9-27(18-26)39-47(45,46)29-10-5-4-6-11-29)16-17-41-22-30(36-23-41)24-12-14-25(15-13-24)33(44)35-20-28-19-32(43)40(3)38-28/h4-15,18-19,22-23,31,37,39,42-43H,16-17,20-21H2,1-3H3,(H,35,44)/t31-/m0/s1. The van der Waals surface area contributed by atoms with E-state index in [1.54, 1.807) is 68.0 Å². The fourth-order valence-electron chi connectivity index (χ4n) is 4.91. The molecule has 13 heteroatoms. The number of aromatic nitrogens is 4. The van der Waals surface area contributed by atoms with Crippen molar-refractivity contribution in [2.24, 2.45) is 7.05 Å². The first-order valence-electron chi connectivity index (χ1n) is 15.1. The van der Waals surface area contributed by atoms with Gasteiger partial charge in [-0.2, -0.15) is 5.10 Å². The van der Waals surface area contributed by atoms with Crippen molar-refractivity contribution in [3.8, 4) is 17.1 Å². The highest BCUT2D eigenvalue weighted by Crippen LogP contribution is 2.23. The van der Waals surface area contributed by atoms with Gasteiger partial charge in [-0.25, -0.2) is 18.1 Å². The fourth-order valence-corrected chi connectivity index (χ4v) is 5.98. The smallest absolute Gasteiger partial charge is 0.261 e. The number of β-amino-alcohol motifs (C(OH)–C–C–N with tert-alkyl or cyclic N) is 1. The zero-order chi connectivity index (χ0) is 33.6. The van der Waals surface area contributed by atoms with Crippen LogP contribution in [0.2, 0.25) is 0 Å². The van der Waals surface area contributed by atoms with Gasteiger partial charge >= 0.3 is 0 Å². The Bertz CT molecular complexity index is 1900. The summed E-state index contributed by atoms with van der Waals surface area (Å²) in [5.74, 6) is -0.211. The number of benzene rings is 3. The van der Waals surface area contributed by atoms with Crippen molar-refractivity contribution in [3.63, 3.8) is 0 Å². The Morgan fingerprint density at radius 2 is 1.74 bits per heavy atom. The molecule has 5 rings (SSSR count). The SMILES string of the molecule is Cn1nc(CNC(=O)c2ccc(-c3cn(CCC(C)(C)NC[C@H](O)c4cccc(NS(=O)(=O)c5ccccc5)c4)cn3)cc2)cc1O. The third-order valence-corrected chi connectivity index (χ3v) is 9.16. The number of aliphatic hydroxyl groups excluding tert-OH is 1. The van der Waals surface area contributed by atoms with Crippen molar-refractivity contribution >= 4 is 21.6 Å². The van der Waals surface area contributed by atoms with E-state index in [-0.39, 0.29) is 35.3 Å². The van der Waals surface area contributed by atoms with Crippen molar-refractivity contribution in [1.82, 2.24) is 30.0 Å². The molecule has 5 N–H and O–H groups in total. The van der Waals surface area contributed by atoms with E-state index in [2.05, 4.69) is 39.3 Å². The summed E-state index contributed by atoms with van der Waals surface area (Å²) in [7, 11) is -2.11. The molecule has 0 bridgehead atoms. The van der Waals surface area contributed by atoms with Crippen LogP contribution < -0.4 is 15.4 Å². The minimum atomic E-state index is -3.74. The van der Waals surface area contributed by atoms with Crippen LogP contribution in [0.1, 0.15) is 48.0 Å². The third-order valence-electron chi connectivity index (χ3n) is 7.76. The fraction of sp³-hybridized carbons (Fsp3) is 0.265. The highest BCUT2D eigenvalue weighted by molar-refractivity contribution is 7.92. The van der Waals surface area contributed by atoms with Crippen molar-refractivity contribution in [2.75, 3.05) is 11.3 Å². The van der Waals surface area contributed by atoms with E-state index in [9.17, 15) is 23.4 Å². The van der Waals surface area contributed by atoms with Crippen molar-refractivity contribution in [2.45, 2.75) is 49.9 Å². The van der Waals surface area contributed by atoms with Gasteiger partial charge in [0.05, 0.1) is 35.3 Å². The lowest BCUT2D eigenvalue weighted by Gasteiger charge is -2.28. The molecular weight excluding hydrogens is 618 g/mol. The van der Waals surface area contributed by atoms with E-state index in [1.807, 2.05) is 22.9 Å². The average Bonchev–Trinajstić information content (AvgIpc) is 3.67. The Balaban J connectivity index is 1.10. The first-order chi connectivity index (χ1) is 22.4. The summed E-state index contributed by atoms with van der Waals surface area (Å²) < 4.78 is 31.3. The summed E-state index contributed by atoms with van der Waals surface area (Å²) in [5.41, 5.74) is 3.38. The largest absolute Gasteiger partial charge is 0.493 e. The molecule has 246 valence electrons. The van der Waals surface area contributed by atoms with Crippen molar-refractivity contribution in [3.05, 3.63) is 114 Å². The number of aliphatic hydroxyl groups is 1. The quantitative estimate of drug-likeness (QED) is 0.119. The van der Waals surface area contributed by atoms with Gasteiger partial charge in [0.25, 0.3) is 15.9 Å². The van der Waals surface area contributed by atoms with Crippen LogP contribution in [0.5, 0.6) is 5.88 Å². The number of imidazole rings is 1. The Hall–Kier alpha value is -4.98. The second-order valence-corrected chi connectivity index (χ2v) is 13.6. The van der Waals surface area contributed by atoms with Crippen LogP contribution in [0.4, 0.5) is 5.69 Å². The zero-order valence-electron chi connectivity index (χ0n) is 26.5. The maximum absolute atomic E-state index is 12.7. The molecule has 3 aromatic carbocycles. The second-order valence-electron chi connectivity index (χ2n) is 11.9. The minimum Gasteiger partial charge on any atom is -0.493 e. The van der Waals surface area contributed by atoms with E-state index in [1.165, 1.54) is 22.9 Å². The van der Waals surface area contributed by atoms with Gasteiger partial charge in [0.2, 0.25) is 5.88 Å². The lowest BCUT2D eigenvalue weighted by Crippen LogP contribution is -2.42. The first-order valence-corrected chi connectivity index (χ1v) is 16.6. The van der Waals surface area contributed by atoms with Crippen LogP contribution in [-0.2, 0) is 30.2 Å². The van der Waals surface area contributed by atoms with Gasteiger partial charge in [-0.15, -0.1) is 0 Å². The van der Waals surface area contributed by atoms with Crippen LogP contribution in [0.15, 0.2) is 102 Å². The van der Waals surface area contributed by atoms with Gasteiger partial charge in [0.15, 0.2) is 0 Å². The number of sulfonamides is 1. The molecule has 0 fully saturated rings. The molecule has 0 unspecified atom stereocenters. The van der Waals surface area contributed by atoms with Crippen LogP contribution >= 0.6 is 0 Å². The third kappa shape index (κ3) is 8.85. The predicted octanol–water partition coefficient (Wildman–Crippen LogP) is 4.21. The second kappa shape index (κ2) is 14.2. The first kappa shape index (κ1) is 33.4. The number of aromatic hydroxyl groups is 1. The van der Waals surface area contributed by atoms with E-state index >= 15 is 0 Å². The number of hydrogen-bond donors (Lipinski definition) is 5. The van der Waals surface area contributed by atoms with Crippen molar-refractivity contribution < 1.29 is 23.4 Å². The Morgan fingerprint density at radius 3 is 2.45 bits per heavy atom. The molecule has 0 saturated heterocycles. The van der Waals surface area contributed by atoms with E-state index in [4.69, 9.17) is 0 Å². The molecule has 0 aliphatic heterocycles. The van der Waals surface area contributed by atoms with Gasteiger partial charge < -0.3 is 25.4 Å². The van der Waals surface area contributed by atoms with Gasteiger partial charge in [0, 0.05) is 54.8 Å². The number of carbonyl (C=O) groups is 1. The maximum Gasteiger partial charge on any atom is 0.261 e. The van der Waals surface area contributed by atoms with E-state index in [0.29, 0.717) is 29.1 Å². The Labute approximate surface area is 274 Å². The van der Waals surface area contributed by atoms with Crippen molar-refractivity contribution in [1.29, 1.82) is 0 Å². The molecule has 0 aliphatic rings. The number of nitrogens with one attached hydrogen (secondary N) is 3. The number of hydrogen-bond acceptors (Lipinski definition) is 8. The molecule has 0 radical (unpaired) electrons. The highest BCUT2D eigenvalue weighted by atomic mass is 32.2. The Kier molecular flexibility index (Phi) is 10.1. The molecule has 1 atom stereocenters. The van der Waals surface area contributed by atoms with Crippen LogP contribution in [-0.4, -0.2) is 56.0 Å². The highest BCUT2D eigenvalue weighted by Gasteiger charge is 2.20. The molecule has 2 heterocycles. The zero-order valence-corrected chi connectivity index (χ0v) is 27.3. The summed E-state index contributed by atoms with van der Waals surface area (Å²) in [5, 5.41) is 30.9. The summed E-state index contributed by atoms with van der Waals surface area (Å²) in [6.45, 7) is 5.28. The van der Waals surface area contributed by atoms with E-state index in [0.717, 1.165) is 17.7 Å². The topological polar surface area (TPSA) is 163 Å². The summed E-state index contributed by atoms with van der Waals surface area (Å²) in [6.07, 6.45) is 3.63. The molecule has 0 aliphatic carbocycles. The normalized spacial score (nSPS) is 12.5. The summed E-state index contributed by atoms with van der Waals surface area (Å²) >= 11 is 0. The molecule has 0 saturated carbocycles. The van der Waals surface area contributed by atoms with Gasteiger partial charge in [-0.05, 0) is 62.2 Å². The number of aryl methyl sites for hydroxylation is 2. The average molecular weight is 658 g/mol. The van der Waals surface area contributed by atoms with E-state index < -0.39 is 16.1 Å². The number of anilines is 1. The van der Waals surface area contributed by atoms with Crippen LogP contribution in [0.25, 0.3) is 11.3 Å². The number of amides is 1. The molecule has 12 nitrogen and oxygen atoms in total.